The number of carbonyl (C=O) groups is 4. The van der Waals surface area contributed by atoms with Crippen LogP contribution in [0.15, 0.2) is 36.9 Å². The topological polar surface area (TPSA) is 174 Å². The van der Waals surface area contributed by atoms with Crippen molar-refractivity contribution in [2.75, 3.05) is 6.54 Å². The van der Waals surface area contributed by atoms with Crippen molar-refractivity contribution in [3.05, 3.63) is 42.6 Å². The molecular formula is C39H51N5O8S. The normalized spacial score (nSPS) is 32.2. The van der Waals surface area contributed by atoms with E-state index in [2.05, 4.69) is 16.6 Å². The van der Waals surface area contributed by atoms with Gasteiger partial charge in [-0.2, -0.15) is 0 Å². The van der Waals surface area contributed by atoms with Crippen LogP contribution < -0.4 is 14.8 Å². The third-order valence-corrected chi connectivity index (χ3v) is 13.7. The van der Waals surface area contributed by atoms with Crippen molar-refractivity contribution >= 4 is 44.7 Å². The zero-order valence-corrected chi connectivity index (χ0v) is 31.9. The number of fused-ring (bicyclic) bond motifs is 5. The molecule has 13 nitrogen and oxygen atoms in total. The second-order valence-electron chi connectivity index (χ2n) is 17.0. The molecule has 1 saturated heterocycles. The molecule has 0 unspecified atom stereocenters. The van der Waals surface area contributed by atoms with Gasteiger partial charge in [0.2, 0.25) is 27.7 Å². The van der Waals surface area contributed by atoms with Gasteiger partial charge >= 0.3 is 5.97 Å². The number of esters is 1. The molecule has 2 N–H and O–H groups in total. The predicted octanol–water partition coefficient (Wildman–Crippen LogP) is 4.14. The van der Waals surface area contributed by atoms with Gasteiger partial charge in [-0.1, -0.05) is 51.8 Å². The number of aryl methyl sites for hydroxylation is 1. The van der Waals surface area contributed by atoms with Gasteiger partial charge in [-0.15, -0.1) is 6.58 Å². The van der Waals surface area contributed by atoms with Crippen molar-refractivity contribution < 1.29 is 37.1 Å². The Morgan fingerprint density at radius 3 is 2.42 bits per heavy atom. The quantitative estimate of drug-likeness (QED) is 0.323. The summed E-state index contributed by atoms with van der Waals surface area (Å²) in [7, 11) is -3.88. The molecule has 3 amide bonds. The van der Waals surface area contributed by atoms with E-state index in [0.717, 1.165) is 37.6 Å². The molecule has 53 heavy (non-hydrogen) atoms. The van der Waals surface area contributed by atoms with Crippen LogP contribution in [0.5, 0.6) is 5.88 Å². The van der Waals surface area contributed by atoms with Gasteiger partial charge in [0.05, 0.1) is 35.2 Å². The zero-order valence-electron chi connectivity index (χ0n) is 31.1. The van der Waals surface area contributed by atoms with E-state index in [4.69, 9.17) is 19.4 Å². The molecule has 3 heterocycles. The summed E-state index contributed by atoms with van der Waals surface area (Å²) in [5.41, 5.74) is -0.663. The van der Waals surface area contributed by atoms with E-state index >= 15 is 0 Å². The van der Waals surface area contributed by atoms with E-state index in [1.165, 1.54) is 11.0 Å². The van der Waals surface area contributed by atoms with Gasteiger partial charge in [0.25, 0.3) is 5.91 Å². The molecule has 3 aliphatic carbocycles. The highest BCUT2D eigenvalue weighted by atomic mass is 32.2. The molecule has 2 aliphatic heterocycles. The highest BCUT2D eigenvalue weighted by Crippen LogP contribution is 2.50. The summed E-state index contributed by atoms with van der Waals surface area (Å²) < 4.78 is 40.2. The first kappa shape index (κ1) is 37.3. The van der Waals surface area contributed by atoms with Crippen LogP contribution in [0.1, 0.15) is 97.6 Å². The molecule has 3 saturated carbocycles. The Kier molecular flexibility index (Phi) is 9.60. The second-order valence-corrected chi connectivity index (χ2v) is 19.0. The maximum atomic E-state index is 14.7. The van der Waals surface area contributed by atoms with E-state index in [1.807, 2.05) is 52.0 Å². The number of aromatic nitrogens is 2. The molecule has 14 heteroatoms. The number of ether oxygens (including phenoxy) is 2. The van der Waals surface area contributed by atoms with Crippen LogP contribution in [-0.2, 0) is 40.4 Å². The van der Waals surface area contributed by atoms with Crippen LogP contribution in [0, 0.1) is 23.2 Å². The predicted molar refractivity (Wildman–Crippen MR) is 196 cm³/mol. The van der Waals surface area contributed by atoms with Crippen molar-refractivity contribution in [1.82, 2.24) is 24.9 Å². The van der Waals surface area contributed by atoms with Crippen LogP contribution in [0.3, 0.4) is 0 Å². The average Bonchev–Trinajstić information content (AvgIpc) is 4.04. The minimum atomic E-state index is -3.88. The molecule has 0 spiro atoms. The van der Waals surface area contributed by atoms with Crippen LogP contribution in [0.25, 0.3) is 11.0 Å². The number of hydrogen-bond acceptors (Lipinski definition) is 10. The molecule has 1 aromatic heterocycles. The highest BCUT2D eigenvalue weighted by molar-refractivity contribution is 7.91. The molecule has 2 bridgehead atoms. The van der Waals surface area contributed by atoms with Crippen LogP contribution in [0.2, 0.25) is 0 Å². The van der Waals surface area contributed by atoms with E-state index in [0.29, 0.717) is 36.4 Å². The number of nitrogens with zero attached hydrogens (tertiary/aromatic N) is 3. The fraction of sp³-hybridized carbons (Fsp3) is 0.641. The van der Waals surface area contributed by atoms with Gasteiger partial charge in [0.15, 0.2) is 0 Å². The first-order valence-corrected chi connectivity index (χ1v) is 20.5. The van der Waals surface area contributed by atoms with Crippen molar-refractivity contribution in [3.8, 4) is 5.88 Å². The number of nitrogens with one attached hydrogen (secondary N) is 2. The molecule has 1 aromatic carbocycles. The number of benzene rings is 1. The van der Waals surface area contributed by atoms with Crippen molar-refractivity contribution in [2.24, 2.45) is 23.2 Å². The Morgan fingerprint density at radius 1 is 1.04 bits per heavy atom. The maximum Gasteiger partial charge on any atom is 0.307 e. The molecule has 5 aliphatic rings. The fourth-order valence-electron chi connectivity index (χ4n) is 8.08. The number of amides is 3. The SMILES string of the molecule is C=C[C@@H]1C[C@]1(NC(=O)[C@@H]1C[C@@H]2CN1C(=O)[C@H](C(C)(C)C)CC(=O)O[C@@]1(C)C[C@@H]1CCCCCc1nc3ccccc3nc1O2)C(=O)NS(=O)(=O)C1CC1. The van der Waals surface area contributed by atoms with Gasteiger partial charge in [-0.3, -0.25) is 23.9 Å². The summed E-state index contributed by atoms with van der Waals surface area (Å²) in [5, 5.41) is 2.21. The Hall–Kier alpha value is -4.07. The standard InChI is InChI=1S/C39H51N5O8S/c1-6-23-21-39(23,36(48)43-53(49,50)26-16-17-26)42-33(46)31-18-25-22-44(31)35(47)27(37(2,3)4)19-32(45)52-38(5)20-24(38)12-8-7-9-15-30-34(51-25)41-29-14-11-10-13-28(29)40-30/h6,10-11,13-14,23-27,31H,1,7-9,12,15-22H2,2-5H3,(H,42,46)(H,43,48)/t23-,24+,25-,27-,31+,38+,39-/m1/s1. The molecule has 4 fully saturated rings. The first-order chi connectivity index (χ1) is 25.0. The number of sulfonamides is 1. The summed E-state index contributed by atoms with van der Waals surface area (Å²) in [5.74, 6) is -3.02. The van der Waals surface area contributed by atoms with Gasteiger partial charge in [0, 0.05) is 18.3 Å². The second kappa shape index (κ2) is 13.7. The molecule has 7 rings (SSSR count). The number of rotatable bonds is 6. The Morgan fingerprint density at radius 2 is 1.75 bits per heavy atom. The lowest BCUT2D eigenvalue weighted by Crippen LogP contribution is -2.57. The van der Waals surface area contributed by atoms with E-state index in [1.54, 1.807) is 0 Å². The van der Waals surface area contributed by atoms with Gasteiger partial charge in [0.1, 0.15) is 29.0 Å². The first-order valence-electron chi connectivity index (χ1n) is 19.0. The number of carbonyl (C=O) groups excluding carboxylic acids is 4. The summed E-state index contributed by atoms with van der Waals surface area (Å²) >= 11 is 0. The van der Waals surface area contributed by atoms with Crippen LogP contribution in [-0.4, -0.2) is 82.1 Å². The lowest BCUT2D eigenvalue weighted by Gasteiger charge is -2.35. The van der Waals surface area contributed by atoms with Crippen LogP contribution in [0.4, 0.5) is 0 Å². The zero-order chi connectivity index (χ0) is 37.9. The third kappa shape index (κ3) is 7.65. The summed E-state index contributed by atoms with van der Waals surface area (Å²) in [6.45, 7) is 11.4. The Balaban J connectivity index is 1.21. The van der Waals surface area contributed by atoms with E-state index in [9.17, 15) is 27.6 Å². The molecule has 2 aromatic rings. The smallest absolute Gasteiger partial charge is 0.307 e. The summed E-state index contributed by atoms with van der Waals surface area (Å²) in [6, 6.07) is 6.46. The molecular weight excluding hydrogens is 699 g/mol. The summed E-state index contributed by atoms with van der Waals surface area (Å²) in [6.07, 6.45) is 7.00. The van der Waals surface area contributed by atoms with Crippen LogP contribution >= 0.6 is 0 Å². The minimum Gasteiger partial charge on any atom is -0.471 e. The summed E-state index contributed by atoms with van der Waals surface area (Å²) in [4.78, 5) is 67.3. The Labute approximate surface area is 311 Å². The minimum absolute atomic E-state index is 0.0203. The van der Waals surface area contributed by atoms with Gasteiger partial charge < -0.3 is 19.7 Å². The average molecular weight is 750 g/mol. The largest absolute Gasteiger partial charge is 0.471 e. The molecule has 286 valence electrons. The van der Waals surface area contributed by atoms with Crippen molar-refractivity contribution in [1.29, 1.82) is 0 Å². The van der Waals surface area contributed by atoms with E-state index < -0.39 is 79.5 Å². The lowest BCUT2D eigenvalue weighted by atomic mass is 9.77. The fourth-order valence-corrected chi connectivity index (χ4v) is 9.45. The van der Waals surface area contributed by atoms with Crippen molar-refractivity contribution in [2.45, 2.75) is 127 Å². The third-order valence-electron chi connectivity index (χ3n) is 11.9. The monoisotopic (exact) mass is 749 g/mol. The lowest BCUT2D eigenvalue weighted by molar-refractivity contribution is -0.158. The van der Waals surface area contributed by atoms with Crippen molar-refractivity contribution in [3.63, 3.8) is 0 Å². The number of para-hydroxylation sites is 2. The molecule has 0 radical (unpaired) electrons. The van der Waals surface area contributed by atoms with Gasteiger partial charge in [-0.05, 0) is 69.4 Å². The van der Waals surface area contributed by atoms with Gasteiger partial charge in [-0.25, -0.2) is 18.4 Å². The number of hydrogen-bond donors (Lipinski definition) is 2. The molecule has 7 atom stereocenters. The highest BCUT2D eigenvalue weighted by Gasteiger charge is 2.62. The Bertz CT molecular complexity index is 1940. The maximum absolute atomic E-state index is 14.7. The van der Waals surface area contributed by atoms with E-state index in [-0.39, 0.29) is 31.7 Å².